The van der Waals surface area contributed by atoms with Crippen molar-refractivity contribution in [3.63, 3.8) is 0 Å². The third kappa shape index (κ3) is 2.91. The SMILES string of the molecule is CCn1c(C)nc2cc(C(=O)NNC(=O)c3n[nH]c4ccccc34)ccc21. The lowest BCUT2D eigenvalue weighted by Gasteiger charge is -2.07. The molecular weight excluding hydrogens is 344 g/mol. The van der Waals surface area contributed by atoms with Crippen molar-refractivity contribution in [1.82, 2.24) is 30.6 Å². The Kier molecular flexibility index (Phi) is 4.08. The van der Waals surface area contributed by atoms with Crippen LogP contribution in [0.15, 0.2) is 42.5 Å². The van der Waals surface area contributed by atoms with Crippen LogP contribution in [0, 0.1) is 6.92 Å². The molecule has 0 fully saturated rings. The van der Waals surface area contributed by atoms with Gasteiger partial charge in [0.1, 0.15) is 5.82 Å². The van der Waals surface area contributed by atoms with Crippen LogP contribution in [0.1, 0.15) is 33.6 Å². The molecular formula is C19H18N6O2. The summed E-state index contributed by atoms with van der Waals surface area (Å²) in [6.07, 6.45) is 0. The van der Waals surface area contributed by atoms with Crippen molar-refractivity contribution in [2.75, 3.05) is 0 Å². The molecule has 2 aromatic carbocycles. The Balaban J connectivity index is 1.50. The molecule has 0 saturated carbocycles. The molecule has 2 aromatic heterocycles. The zero-order valence-electron chi connectivity index (χ0n) is 14.9. The average Bonchev–Trinajstić information content (AvgIpc) is 3.25. The second-order valence-electron chi connectivity index (χ2n) is 6.13. The number of amides is 2. The highest BCUT2D eigenvalue weighted by molar-refractivity contribution is 6.06. The number of fused-ring (bicyclic) bond motifs is 2. The zero-order valence-corrected chi connectivity index (χ0v) is 14.9. The fraction of sp³-hybridized carbons (Fsp3) is 0.158. The third-order valence-electron chi connectivity index (χ3n) is 4.49. The number of carbonyl (C=O) groups excluding carboxylic acids is 2. The Morgan fingerprint density at radius 3 is 2.70 bits per heavy atom. The van der Waals surface area contributed by atoms with Crippen LogP contribution >= 0.6 is 0 Å². The summed E-state index contributed by atoms with van der Waals surface area (Å²) in [5, 5.41) is 7.48. The van der Waals surface area contributed by atoms with Crippen LogP contribution in [0.2, 0.25) is 0 Å². The fourth-order valence-electron chi connectivity index (χ4n) is 3.17. The number of hydrogen-bond donors (Lipinski definition) is 3. The molecule has 2 heterocycles. The molecule has 0 unspecified atom stereocenters. The summed E-state index contributed by atoms with van der Waals surface area (Å²) >= 11 is 0. The molecule has 136 valence electrons. The number of benzene rings is 2. The molecule has 8 nitrogen and oxygen atoms in total. The molecule has 0 bridgehead atoms. The number of nitrogens with one attached hydrogen (secondary N) is 3. The minimum atomic E-state index is -0.493. The summed E-state index contributed by atoms with van der Waals surface area (Å²) in [6.45, 7) is 4.78. The van der Waals surface area contributed by atoms with Gasteiger partial charge >= 0.3 is 0 Å². The van der Waals surface area contributed by atoms with Gasteiger partial charge in [-0.3, -0.25) is 25.5 Å². The van der Waals surface area contributed by atoms with E-state index in [0.29, 0.717) is 10.9 Å². The molecule has 0 saturated heterocycles. The molecule has 8 heteroatoms. The number of hydrazine groups is 1. The van der Waals surface area contributed by atoms with E-state index in [1.807, 2.05) is 38.1 Å². The summed E-state index contributed by atoms with van der Waals surface area (Å²) in [5.41, 5.74) is 7.93. The molecule has 4 rings (SSSR count). The van der Waals surface area contributed by atoms with Crippen LogP contribution in [0.25, 0.3) is 21.9 Å². The van der Waals surface area contributed by atoms with E-state index in [4.69, 9.17) is 0 Å². The van der Waals surface area contributed by atoms with Crippen molar-refractivity contribution in [2.24, 2.45) is 0 Å². The first-order valence-electron chi connectivity index (χ1n) is 8.59. The van der Waals surface area contributed by atoms with Gasteiger partial charge in [-0.05, 0) is 38.1 Å². The van der Waals surface area contributed by atoms with Crippen molar-refractivity contribution >= 4 is 33.8 Å². The summed E-state index contributed by atoms with van der Waals surface area (Å²) in [7, 11) is 0. The normalized spacial score (nSPS) is 11.0. The van der Waals surface area contributed by atoms with E-state index >= 15 is 0 Å². The van der Waals surface area contributed by atoms with Gasteiger partial charge < -0.3 is 4.57 Å². The number of aromatic nitrogens is 4. The number of aromatic amines is 1. The topological polar surface area (TPSA) is 105 Å². The van der Waals surface area contributed by atoms with E-state index in [9.17, 15) is 9.59 Å². The van der Waals surface area contributed by atoms with E-state index in [0.717, 1.165) is 28.9 Å². The Hall–Kier alpha value is -3.68. The number of hydrogen-bond acceptors (Lipinski definition) is 4. The van der Waals surface area contributed by atoms with Gasteiger partial charge in [-0.25, -0.2) is 4.98 Å². The predicted molar refractivity (Wildman–Crippen MR) is 101 cm³/mol. The van der Waals surface area contributed by atoms with Crippen molar-refractivity contribution in [3.8, 4) is 0 Å². The molecule has 0 radical (unpaired) electrons. The zero-order chi connectivity index (χ0) is 19.0. The Bertz CT molecular complexity index is 1170. The number of rotatable bonds is 3. The lowest BCUT2D eigenvalue weighted by molar-refractivity contribution is 0.0845. The van der Waals surface area contributed by atoms with Gasteiger partial charge in [-0.1, -0.05) is 18.2 Å². The second-order valence-corrected chi connectivity index (χ2v) is 6.13. The van der Waals surface area contributed by atoms with Gasteiger partial charge in [-0.15, -0.1) is 0 Å². The monoisotopic (exact) mass is 362 g/mol. The number of carbonyl (C=O) groups is 2. The summed E-state index contributed by atoms with van der Waals surface area (Å²) < 4.78 is 2.07. The largest absolute Gasteiger partial charge is 0.329 e. The maximum absolute atomic E-state index is 12.4. The molecule has 3 N–H and O–H groups in total. The predicted octanol–water partition coefficient (Wildman–Crippen LogP) is 2.32. The lowest BCUT2D eigenvalue weighted by atomic mass is 10.2. The van der Waals surface area contributed by atoms with Gasteiger partial charge in [0.25, 0.3) is 11.8 Å². The maximum atomic E-state index is 12.4. The number of para-hydroxylation sites is 1. The molecule has 0 spiro atoms. The van der Waals surface area contributed by atoms with E-state index in [2.05, 4.69) is 30.6 Å². The Morgan fingerprint density at radius 1 is 1.11 bits per heavy atom. The van der Waals surface area contributed by atoms with Crippen LogP contribution in [0.3, 0.4) is 0 Å². The van der Waals surface area contributed by atoms with E-state index in [1.54, 1.807) is 18.2 Å². The van der Waals surface area contributed by atoms with Crippen LogP contribution < -0.4 is 10.9 Å². The highest BCUT2D eigenvalue weighted by atomic mass is 16.2. The second kappa shape index (κ2) is 6.56. The average molecular weight is 362 g/mol. The van der Waals surface area contributed by atoms with Crippen LogP contribution in [0.4, 0.5) is 0 Å². The van der Waals surface area contributed by atoms with Crippen LogP contribution in [-0.4, -0.2) is 31.6 Å². The van der Waals surface area contributed by atoms with Crippen LogP contribution in [-0.2, 0) is 6.54 Å². The van der Waals surface area contributed by atoms with Crippen molar-refractivity contribution in [1.29, 1.82) is 0 Å². The third-order valence-corrected chi connectivity index (χ3v) is 4.49. The van der Waals surface area contributed by atoms with Gasteiger partial charge in [0.15, 0.2) is 5.69 Å². The first kappa shape index (κ1) is 16.8. The quantitative estimate of drug-likeness (QED) is 0.486. The van der Waals surface area contributed by atoms with E-state index in [1.165, 1.54) is 0 Å². The van der Waals surface area contributed by atoms with Gasteiger partial charge in [0.2, 0.25) is 0 Å². The lowest BCUT2D eigenvalue weighted by Crippen LogP contribution is -2.41. The standard InChI is InChI=1S/C19H18N6O2/c1-3-25-11(2)20-15-10-12(8-9-16(15)25)18(26)23-24-19(27)17-13-6-4-5-7-14(13)21-22-17/h4-10H,3H2,1-2H3,(H,21,22)(H,23,26)(H,24,27). The summed E-state index contributed by atoms with van der Waals surface area (Å²) in [5.74, 6) is -0.0226. The number of aryl methyl sites for hydroxylation is 2. The smallest absolute Gasteiger partial charge is 0.290 e. The highest BCUT2D eigenvalue weighted by Crippen LogP contribution is 2.18. The molecule has 0 atom stereocenters. The summed E-state index contributed by atoms with van der Waals surface area (Å²) in [6, 6.07) is 12.6. The first-order chi connectivity index (χ1) is 13.1. The Labute approximate surface area is 154 Å². The van der Waals surface area contributed by atoms with Gasteiger partial charge in [0.05, 0.1) is 16.6 Å². The van der Waals surface area contributed by atoms with E-state index in [-0.39, 0.29) is 5.69 Å². The first-order valence-corrected chi connectivity index (χ1v) is 8.59. The minimum absolute atomic E-state index is 0.221. The van der Waals surface area contributed by atoms with Gasteiger partial charge in [0, 0.05) is 17.5 Å². The van der Waals surface area contributed by atoms with Crippen molar-refractivity contribution in [3.05, 3.63) is 59.5 Å². The molecule has 0 aliphatic rings. The van der Waals surface area contributed by atoms with Crippen molar-refractivity contribution in [2.45, 2.75) is 20.4 Å². The number of imidazole rings is 1. The molecule has 4 aromatic rings. The summed E-state index contributed by atoms with van der Waals surface area (Å²) in [4.78, 5) is 29.2. The van der Waals surface area contributed by atoms with E-state index < -0.39 is 11.8 Å². The fourth-order valence-corrected chi connectivity index (χ4v) is 3.17. The van der Waals surface area contributed by atoms with Crippen LogP contribution in [0.5, 0.6) is 0 Å². The maximum Gasteiger partial charge on any atom is 0.290 e. The van der Waals surface area contributed by atoms with Crippen molar-refractivity contribution < 1.29 is 9.59 Å². The number of nitrogens with zero attached hydrogens (tertiary/aromatic N) is 3. The molecule has 0 aliphatic carbocycles. The van der Waals surface area contributed by atoms with Gasteiger partial charge in [-0.2, -0.15) is 5.10 Å². The number of H-pyrrole nitrogens is 1. The molecule has 27 heavy (non-hydrogen) atoms. The minimum Gasteiger partial charge on any atom is -0.329 e. The molecule has 0 aliphatic heterocycles. The Morgan fingerprint density at radius 2 is 1.89 bits per heavy atom. The molecule has 2 amide bonds. The highest BCUT2D eigenvalue weighted by Gasteiger charge is 2.16.